The standard InChI is InChI=1S/C36H36N4O4S/c1-24-32(22-45-36-39-38-23-40(36)2)43-35(44-33(24)28-13-11-25(21-41)12-14-28)30-17-15-27(16-18-30)31-10-6-7-26(19-31)20-37-34(42)29-8-4-3-5-9-29/h3-19,23-24,32-33,35,41H,20-22H2,1-2H3,(H,37,42). The van der Waals surface area contributed by atoms with Crippen LogP contribution in [0, 0.1) is 5.92 Å². The third-order valence-corrected chi connectivity index (χ3v) is 9.23. The second kappa shape index (κ2) is 14.2. The Bertz CT molecular complexity index is 1710. The molecule has 1 aromatic heterocycles. The van der Waals surface area contributed by atoms with Crippen molar-refractivity contribution in [1.29, 1.82) is 0 Å². The highest BCUT2D eigenvalue weighted by atomic mass is 32.2. The summed E-state index contributed by atoms with van der Waals surface area (Å²) in [7, 11) is 1.93. The Kier molecular flexibility index (Phi) is 9.71. The van der Waals surface area contributed by atoms with Gasteiger partial charge in [0.15, 0.2) is 11.4 Å². The van der Waals surface area contributed by atoms with E-state index in [1.54, 1.807) is 18.1 Å². The van der Waals surface area contributed by atoms with Gasteiger partial charge in [-0.2, -0.15) is 0 Å². The Morgan fingerprint density at radius 1 is 0.889 bits per heavy atom. The van der Waals surface area contributed by atoms with E-state index < -0.39 is 6.29 Å². The lowest BCUT2D eigenvalue weighted by atomic mass is 9.91. The Hall–Kier alpha value is -4.28. The molecule has 9 heteroatoms. The fourth-order valence-corrected chi connectivity index (χ4v) is 6.49. The quantitative estimate of drug-likeness (QED) is 0.172. The van der Waals surface area contributed by atoms with Crippen LogP contribution in [0.1, 0.15) is 51.9 Å². The van der Waals surface area contributed by atoms with Gasteiger partial charge in [0, 0.05) is 36.4 Å². The summed E-state index contributed by atoms with van der Waals surface area (Å²) in [5.41, 5.74) is 6.63. The summed E-state index contributed by atoms with van der Waals surface area (Å²) in [6.07, 6.45) is 0.852. The van der Waals surface area contributed by atoms with Crippen molar-refractivity contribution in [1.82, 2.24) is 20.1 Å². The van der Waals surface area contributed by atoms with Gasteiger partial charge in [-0.25, -0.2) is 0 Å². The first-order chi connectivity index (χ1) is 22.0. The van der Waals surface area contributed by atoms with Crippen LogP contribution in [0.4, 0.5) is 0 Å². The van der Waals surface area contributed by atoms with E-state index in [-0.39, 0.29) is 30.6 Å². The molecule has 0 aliphatic carbocycles. The average Bonchev–Trinajstić information content (AvgIpc) is 3.51. The van der Waals surface area contributed by atoms with Gasteiger partial charge in [0.25, 0.3) is 5.91 Å². The average molecular weight is 621 g/mol. The lowest BCUT2D eigenvalue weighted by Gasteiger charge is -2.41. The molecule has 4 unspecified atom stereocenters. The topological polar surface area (TPSA) is 98.5 Å². The summed E-state index contributed by atoms with van der Waals surface area (Å²) in [6.45, 7) is 2.60. The maximum absolute atomic E-state index is 12.5. The molecule has 2 N–H and O–H groups in total. The van der Waals surface area contributed by atoms with Gasteiger partial charge in [-0.3, -0.25) is 4.79 Å². The number of rotatable bonds is 10. The highest BCUT2D eigenvalue weighted by molar-refractivity contribution is 7.99. The summed E-state index contributed by atoms with van der Waals surface area (Å²) < 4.78 is 15.1. The zero-order valence-corrected chi connectivity index (χ0v) is 26.1. The zero-order chi connectivity index (χ0) is 31.2. The van der Waals surface area contributed by atoms with Gasteiger partial charge >= 0.3 is 0 Å². The largest absolute Gasteiger partial charge is 0.392 e. The monoisotopic (exact) mass is 620 g/mol. The molecule has 2 heterocycles. The van der Waals surface area contributed by atoms with Crippen molar-refractivity contribution in [2.75, 3.05) is 5.75 Å². The number of aryl methyl sites for hydroxylation is 1. The van der Waals surface area contributed by atoms with Crippen LogP contribution in [0.3, 0.4) is 0 Å². The lowest BCUT2D eigenvalue weighted by molar-refractivity contribution is -0.268. The molecule has 5 aromatic rings. The number of hydrogen-bond acceptors (Lipinski definition) is 7. The molecule has 0 saturated carbocycles. The molecule has 0 spiro atoms. The molecule has 45 heavy (non-hydrogen) atoms. The SMILES string of the molecule is CC1C(CSc2nncn2C)OC(c2ccc(-c3cccc(CNC(=O)c4ccccc4)c3)cc2)OC1c1ccc(CO)cc1. The molecule has 4 atom stereocenters. The van der Waals surface area contributed by atoms with Gasteiger partial charge in [0.05, 0.1) is 18.8 Å². The molecule has 1 aliphatic heterocycles. The zero-order valence-electron chi connectivity index (χ0n) is 25.2. The molecule has 8 nitrogen and oxygen atoms in total. The number of hydrogen-bond donors (Lipinski definition) is 2. The van der Waals surface area contributed by atoms with Crippen molar-refractivity contribution in [2.24, 2.45) is 13.0 Å². The molecule has 0 bridgehead atoms. The smallest absolute Gasteiger partial charge is 0.251 e. The summed E-state index contributed by atoms with van der Waals surface area (Å²) in [6, 6.07) is 33.6. The van der Waals surface area contributed by atoms with Gasteiger partial charge in [-0.05, 0) is 46.0 Å². The molecule has 0 radical (unpaired) electrons. The maximum Gasteiger partial charge on any atom is 0.251 e. The predicted octanol–water partition coefficient (Wildman–Crippen LogP) is 6.49. The van der Waals surface area contributed by atoms with Crippen molar-refractivity contribution in [2.45, 2.75) is 43.7 Å². The van der Waals surface area contributed by atoms with Crippen LogP contribution in [0.25, 0.3) is 11.1 Å². The van der Waals surface area contributed by atoms with Gasteiger partial charge < -0.3 is 24.5 Å². The highest BCUT2D eigenvalue weighted by Crippen LogP contribution is 2.43. The number of amides is 1. The van der Waals surface area contributed by atoms with Crippen LogP contribution in [-0.4, -0.2) is 37.6 Å². The molecule has 6 rings (SSSR count). The summed E-state index contributed by atoms with van der Waals surface area (Å²) in [5, 5.41) is 21.6. The van der Waals surface area contributed by atoms with E-state index >= 15 is 0 Å². The fourth-order valence-electron chi connectivity index (χ4n) is 5.44. The molecule has 4 aromatic carbocycles. The van der Waals surface area contributed by atoms with Crippen molar-refractivity contribution >= 4 is 17.7 Å². The maximum atomic E-state index is 12.5. The van der Waals surface area contributed by atoms with E-state index in [1.165, 1.54) is 0 Å². The third-order valence-electron chi connectivity index (χ3n) is 8.10. The molecule has 1 amide bonds. The molecule has 1 fully saturated rings. The summed E-state index contributed by atoms with van der Waals surface area (Å²) in [4.78, 5) is 12.5. The molecule has 1 saturated heterocycles. The van der Waals surface area contributed by atoms with E-state index in [2.05, 4.69) is 58.8 Å². The summed E-state index contributed by atoms with van der Waals surface area (Å²) in [5.74, 6) is 0.680. The molecule has 230 valence electrons. The first-order valence-corrected chi connectivity index (χ1v) is 16.0. The van der Waals surface area contributed by atoms with Crippen molar-refractivity contribution < 1.29 is 19.4 Å². The lowest BCUT2D eigenvalue weighted by Crippen LogP contribution is -2.38. The number of aliphatic hydroxyl groups excluding tert-OH is 1. The van der Waals surface area contributed by atoms with Gasteiger partial charge in [-0.15, -0.1) is 10.2 Å². The highest BCUT2D eigenvalue weighted by Gasteiger charge is 2.38. The normalized spacial score (nSPS) is 19.7. The Morgan fingerprint density at radius 2 is 1.64 bits per heavy atom. The number of benzene rings is 4. The Labute approximate surface area is 267 Å². The van der Waals surface area contributed by atoms with Crippen LogP contribution in [0.15, 0.2) is 115 Å². The van der Waals surface area contributed by atoms with Crippen LogP contribution in [-0.2, 0) is 29.7 Å². The number of carbonyl (C=O) groups excluding carboxylic acids is 1. The Morgan fingerprint density at radius 3 is 2.36 bits per heavy atom. The number of nitrogens with one attached hydrogen (secondary N) is 1. The molecule has 1 aliphatic rings. The second-order valence-electron chi connectivity index (χ2n) is 11.2. The Balaban J connectivity index is 1.18. The number of aliphatic hydroxyl groups is 1. The van der Waals surface area contributed by atoms with E-state index in [0.717, 1.165) is 38.5 Å². The minimum atomic E-state index is -0.553. The van der Waals surface area contributed by atoms with E-state index in [4.69, 9.17) is 9.47 Å². The fraction of sp³-hybridized carbons (Fsp3) is 0.250. The van der Waals surface area contributed by atoms with E-state index in [1.807, 2.05) is 78.3 Å². The van der Waals surface area contributed by atoms with Crippen molar-refractivity contribution in [3.8, 4) is 11.1 Å². The number of carbonyl (C=O) groups is 1. The predicted molar refractivity (Wildman–Crippen MR) is 174 cm³/mol. The van der Waals surface area contributed by atoms with Gasteiger partial charge in [0.1, 0.15) is 6.33 Å². The van der Waals surface area contributed by atoms with E-state index in [0.29, 0.717) is 17.9 Å². The molecular formula is C36H36N4O4S. The van der Waals surface area contributed by atoms with Gasteiger partial charge in [-0.1, -0.05) is 104 Å². The van der Waals surface area contributed by atoms with Crippen LogP contribution >= 0.6 is 11.8 Å². The number of thioether (sulfide) groups is 1. The second-order valence-corrected chi connectivity index (χ2v) is 12.2. The van der Waals surface area contributed by atoms with Crippen molar-refractivity contribution in [3.05, 3.63) is 137 Å². The van der Waals surface area contributed by atoms with Crippen LogP contribution < -0.4 is 5.32 Å². The van der Waals surface area contributed by atoms with Gasteiger partial charge in [0.2, 0.25) is 0 Å². The van der Waals surface area contributed by atoms with Crippen molar-refractivity contribution in [3.63, 3.8) is 0 Å². The van der Waals surface area contributed by atoms with Crippen LogP contribution in [0.2, 0.25) is 0 Å². The first kappa shape index (κ1) is 30.7. The minimum Gasteiger partial charge on any atom is -0.392 e. The first-order valence-electron chi connectivity index (χ1n) is 15.0. The summed E-state index contributed by atoms with van der Waals surface area (Å²) >= 11 is 1.62. The number of nitrogens with zero attached hydrogens (tertiary/aromatic N) is 3. The number of ether oxygens (including phenoxy) is 2. The molecular weight excluding hydrogens is 584 g/mol. The minimum absolute atomic E-state index is 0.00163. The van der Waals surface area contributed by atoms with E-state index in [9.17, 15) is 9.90 Å². The van der Waals surface area contributed by atoms with Crippen LogP contribution in [0.5, 0.6) is 0 Å². The third kappa shape index (κ3) is 7.34. The number of aromatic nitrogens is 3.